The van der Waals surface area contributed by atoms with Gasteiger partial charge < -0.3 is 11.1 Å². The number of para-hydroxylation sites is 1. The number of nitrogen functional groups attached to an aromatic ring is 1. The minimum absolute atomic E-state index is 0.368. The maximum atomic E-state index is 6.06. The number of rotatable bonds is 1. The highest BCUT2D eigenvalue weighted by atomic mass is 15.2. The van der Waals surface area contributed by atoms with Crippen LogP contribution in [0.15, 0.2) is 18.2 Å². The molecule has 20 heavy (non-hydrogen) atoms. The summed E-state index contributed by atoms with van der Waals surface area (Å²) in [7, 11) is 0. The van der Waals surface area contributed by atoms with Gasteiger partial charge in [0.1, 0.15) is 0 Å². The van der Waals surface area contributed by atoms with Crippen molar-refractivity contribution >= 4 is 11.4 Å². The molecule has 2 heterocycles. The van der Waals surface area contributed by atoms with Crippen LogP contribution in [0, 0.1) is 5.41 Å². The molecule has 3 heteroatoms. The zero-order chi connectivity index (χ0) is 14.3. The second kappa shape index (κ2) is 4.96. The Morgan fingerprint density at radius 1 is 1.30 bits per heavy atom. The van der Waals surface area contributed by atoms with E-state index in [1.807, 2.05) is 6.07 Å². The number of nitrogens with zero attached hydrogens (tertiary/aromatic N) is 1. The molecule has 2 aliphatic rings. The van der Waals surface area contributed by atoms with Crippen LogP contribution in [0.5, 0.6) is 0 Å². The van der Waals surface area contributed by atoms with Crippen molar-refractivity contribution in [1.82, 2.24) is 4.90 Å². The number of hydrogen-bond donors (Lipinski definition) is 2. The summed E-state index contributed by atoms with van der Waals surface area (Å²) in [5.41, 5.74) is 9.85. The van der Waals surface area contributed by atoms with Crippen LogP contribution in [0.2, 0.25) is 0 Å². The summed E-state index contributed by atoms with van der Waals surface area (Å²) < 4.78 is 0. The average molecular weight is 273 g/mol. The van der Waals surface area contributed by atoms with Gasteiger partial charge in [-0.3, -0.25) is 4.90 Å². The lowest BCUT2D eigenvalue weighted by Gasteiger charge is -2.42. The fourth-order valence-corrected chi connectivity index (χ4v) is 3.94. The minimum Gasteiger partial charge on any atom is -0.397 e. The Morgan fingerprint density at radius 2 is 2.10 bits per heavy atom. The Bertz CT molecular complexity index is 489. The van der Waals surface area contributed by atoms with E-state index in [2.05, 4.69) is 43.1 Å². The zero-order valence-electron chi connectivity index (χ0n) is 12.9. The van der Waals surface area contributed by atoms with Gasteiger partial charge >= 0.3 is 0 Å². The molecule has 1 aromatic carbocycles. The molecule has 0 aromatic heterocycles. The second-order valence-corrected chi connectivity index (χ2v) is 7.38. The van der Waals surface area contributed by atoms with E-state index in [0.717, 1.165) is 24.3 Å². The van der Waals surface area contributed by atoms with Gasteiger partial charge in [0.05, 0.1) is 11.4 Å². The van der Waals surface area contributed by atoms with Crippen molar-refractivity contribution in [3.8, 4) is 0 Å². The lowest BCUT2D eigenvalue weighted by molar-refractivity contribution is 0.0998. The Morgan fingerprint density at radius 3 is 2.85 bits per heavy atom. The van der Waals surface area contributed by atoms with Crippen LogP contribution in [0.4, 0.5) is 11.4 Å². The van der Waals surface area contributed by atoms with Crippen molar-refractivity contribution in [3.05, 3.63) is 23.8 Å². The first-order valence-electron chi connectivity index (χ1n) is 7.84. The molecule has 0 bridgehead atoms. The maximum Gasteiger partial charge on any atom is 0.0607 e. The van der Waals surface area contributed by atoms with Crippen LogP contribution in [-0.2, 0) is 6.42 Å². The normalized spacial score (nSPS) is 27.1. The summed E-state index contributed by atoms with van der Waals surface area (Å²) >= 11 is 0. The molecule has 2 atom stereocenters. The topological polar surface area (TPSA) is 41.3 Å². The molecule has 0 aliphatic carbocycles. The van der Waals surface area contributed by atoms with Crippen LogP contribution < -0.4 is 11.1 Å². The number of nitrogens with one attached hydrogen (secondary N) is 1. The zero-order valence-corrected chi connectivity index (χ0v) is 12.9. The first-order chi connectivity index (χ1) is 9.47. The Hall–Kier alpha value is -1.22. The summed E-state index contributed by atoms with van der Waals surface area (Å²) in [4.78, 5) is 2.74. The van der Waals surface area contributed by atoms with E-state index in [1.54, 1.807) is 0 Å². The summed E-state index contributed by atoms with van der Waals surface area (Å²) in [5.74, 6) is 0. The molecule has 0 spiro atoms. The van der Waals surface area contributed by atoms with Gasteiger partial charge in [-0.1, -0.05) is 32.9 Å². The molecule has 3 rings (SSSR count). The molecule has 3 nitrogen and oxygen atoms in total. The number of likely N-dealkylation sites (tertiary alicyclic amines) is 1. The molecule has 0 amide bonds. The van der Waals surface area contributed by atoms with Crippen LogP contribution >= 0.6 is 0 Å². The number of nitrogens with two attached hydrogens (primary N) is 1. The van der Waals surface area contributed by atoms with Crippen molar-refractivity contribution in [2.75, 3.05) is 24.1 Å². The lowest BCUT2D eigenvalue weighted by Crippen LogP contribution is -2.50. The number of anilines is 2. The number of fused-ring (bicyclic) bond motifs is 1. The Labute approximate surface area is 122 Å². The highest BCUT2D eigenvalue weighted by Gasteiger charge is 2.38. The van der Waals surface area contributed by atoms with E-state index >= 15 is 0 Å². The van der Waals surface area contributed by atoms with Gasteiger partial charge in [0, 0.05) is 18.6 Å². The molecule has 1 aromatic rings. The van der Waals surface area contributed by atoms with Gasteiger partial charge in [0.25, 0.3) is 0 Å². The van der Waals surface area contributed by atoms with Crippen molar-refractivity contribution in [2.24, 2.45) is 5.41 Å². The van der Waals surface area contributed by atoms with E-state index in [1.165, 1.54) is 24.9 Å². The fraction of sp³-hybridized carbons (Fsp3) is 0.647. The van der Waals surface area contributed by atoms with Crippen LogP contribution in [0.1, 0.15) is 39.2 Å². The van der Waals surface area contributed by atoms with Gasteiger partial charge in [-0.25, -0.2) is 0 Å². The third-order valence-electron chi connectivity index (χ3n) is 4.92. The van der Waals surface area contributed by atoms with Crippen molar-refractivity contribution in [2.45, 2.75) is 52.1 Å². The predicted molar refractivity (Wildman–Crippen MR) is 86.0 cm³/mol. The molecule has 2 unspecified atom stereocenters. The van der Waals surface area contributed by atoms with Crippen molar-refractivity contribution in [1.29, 1.82) is 0 Å². The predicted octanol–water partition coefficient (Wildman–Crippen LogP) is 3.12. The molecule has 1 fully saturated rings. The molecular weight excluding hydrogens is 246 g/mol. The van der Waals surface area contributed by atoms with Gasteiger partial charge in [0.15, 0.2) is 0 Å². The Balaban J connectivity index is 1.80. The molecular formula is C17H27N3. The molecule has 0 saturated carbocycles. The summed E-state index contributed by atoms with van der Waals surface area (Å²) in [6.45, 7) is 9.38. The van der Waals surface area contributed by atoms with E-state index in [9.17, 15) is 0 Å². The van der Waals surface area contributed by atoms with Gasteiger partial charge in [0.2, 0.25) is 0 Å². The first-order valence-corrected chi connectivity index (χ1v) is 7.84. The summed E-state index contributed by atoms with van der Waals surface area (Å²) in [6, 6.07) is 7.59. The van der Waals surface area contributed by atoms with Crippen molar-refractivity contribution in [3.63, 3.8) is 0 Å². The maximum absolute atomic E-state index is 6.06. The van der Waals surface area contributed by atoms with Gasteiger partial charge in [-0.2, -0.15) is 0 Å². The SMILES string of the molecule is CC(C)(C)C1CCCN1C1CNc2c(N)cccc2C1. The van der Waals surface area contributed by atoms with E-state index in [0.29, 0.717) is 17.5 Å². The summed E-state index contributed by atoms with van der Waals surface area (Å²) in [5, 5.41) is 3.56. The Kier molecular flexibility index (Phi) is 3.41. The standard InChI is InChI=1S/C17H27N3/c1-17(2,3)15-8-5-9-20(15)13-10-12-6-4-7-14(18)16(12)19-11-13/h4,6-7,13,15,19H,5,8-11,18H2,1-3H3. The molecule has 1 saturated heterocycles. The smallest absolute Gasteiger partial charge is 0.0607 e. The van der Waals surface area contributed by atoms with Crippen LogP contribution in [0.25, 0.3) is 0 Å². The first kappa shape index (κ1) is 13.7. The second-order valence-electron chi connectivity index (χ2n) is 7.38. The highest BCUT2D eigenvalue weighted by Crippen LogP contribution is 2.37. The lowest BCUT2D eigenvalue weighted by atomic mass is 9.84. The largest absolute Gasteiger partial charge is 0.397 e. The van der Waals surface area contributed by atoms with E-state index in [4.69, 9.17) is 5.73 Å². The van der Waals surface area contributed by atoms with Crippen LogP contribution in [-0.4, -0.2) is 30.1 Å². The summed E-state index contributed by atoms with van der Waals surface area (Å²) in [6.07, 6.45) is 3.80. The third-order valence-corrected chi connectivity index (χ3v) is 4.92. The molecule has 110 valence electrons. The van der Waals surface area contributed by atoms with Gasteiger partial charge in [-0.15, -0.1) is 0 Å². The van der Waals surface area contributed by atoms with Crippen molar-refractivity contribution < 1.29 is 0 Å². The van der Waals surface area contributed by atoms with Crippen LogP contribution in [0.3, 0.4) is 0 Å². The number of benzene rings is 1. The molecule has 0 radical (unpaired) electrons. The number of hydrogen-bond acceptors (Lipinski definition) is 3. The average Bonchev–Trinajstić information content (AvgIpc) is 2.87. The fourth-order valence-electron chi connectivity index (χ4n) is 3.94. The monoisotopic (exact) mass is 273 g/mol. The van der Waals surface area contributed by atoms with E-state index < -0.39 is 0 Å². The quantitative estimate of drug-likeness (QED) is 0.773. The third kappa shape index (κ3) is 2.39. The highest BCUT2D eigenvalue weighted by molar-refractivity contribution is 5.71. The molecule has 2 aliphatic heterocycles. The van der Waals surface area contributed by atoms with Gasteiger partial charge in [-0.05, 0) is 42.9 Å². The minimum atomic E-state index is 0.368. The molecule has 3 N–H and O–H groups in total. The van der Waals surface area contributed by atoms with E-state index in [-0.39, 0.29) is 0 Å².